The van der Waals surface area contributed by atoms with Gasteiger partial charge >= 0.3 is 0 Å². The number of benzene rings is 1. The van der Waals surface area contributed by atoms with Crippen LogP contribution in [-0.4, -0.2) is 18.4 Å². The van der Waals surface area contributed by atoms with Gasteiger partial charge < -0.3 is 16.8 Å². The van der Waals surface area contributed by atoms with Crippen molar-refractivity contribution in [2.45, 2.75) is 13.8 Å². The summed E-state index contributed by atoms with van der Waals surface area (Å²) in [5, 5.41) is 2.64. The summed E-state index contributed by atoms with van der Waals surface area (Å²) < 4.78 is 0. The number of para-hydroxylation sites is 1. The molecule has 0 spiro atoms. The molecule has 6 heteroatoms. The van der Waals surface area contributed by atoms with E-state index in [4.69, 9.17) is 11.5 Å². The molecular weight excluding hydrogens is 254 g/mol. The second-order valence-corrected chi connectivity index (χ2v) is 4.52. The van der Waals surface area contributed by atoms with Crippen LogP contribution in [0.2, 0.25) is 0 Å². The molecule has 0 saturated carbocycles. The van der Waals surface area contributed by atoms with Crippen molar-refractivity contribution in [3.05, 3.63) is 29.8 Å². The lowest BCUT2D eigenvalue weighted by atomic mass is 9.92. The molecule has 0 bridgehead atoms. The van der Waals surface area contributed by atoms with Crippen molar-refractivity contribution < 1.29 is 9.59 Å². The summed E-state index contributed by atoms with van der Waals surface area (Å²) in [7, 11) is 0. The van der Waals surface area contributed by atoms with Crippen molar-refractivity contribution in [2.75, 3.05) is 12.3 Å². The predicted octanol–water partition coefficient (Wildman–Crippen LogP) is 0.932. The van der Waals surface area contributed by atoms with Gasteiger partial charge in [0.25, 0.3) is 5.91 Å². The molecule has 2 amide bonds. The molecular formula is C12H18ClN3O2. The van der Waals surface area contributed by atoms with Crippen molar-refractivity contribution in [2.24, 2.45) is 11.1 Å². The molecule has 0 aliphatic carbocycles. The van der Waals surface area contributed by atoms with Gasteiger partial charge in [0.15, 0.2) is 0 Å². The largest absolute Gasteiger partial charge is 0.398 e. The third-order valence-electron chi connectivity index (χ3n) is 2.56. The van der Waals surface area contributed by atoms with Crippen molar-refractivity contribution in [1.82, 2.24) is 5.32 Å². The zero-order valence-corrected chi connectivity index (χ0v) is 11.2. The number of halogens is 1. The molecule has 1 rings (SSSR count). The highest BCUT2D eigenvalue weighted by molar-refractivity contribution is 5.99. The third-order valence-corrected chi connectivity index (χ3v) is 2.56. The lowest BCUT2D eigenvalue weighted by molar-refractivity contribution is -0.125. The number of carbonyl (C=O) groups excluding carboxylic acids is 2. The average Bonchev–Trinajstić information content (AvgIpc) is 2.26. The minimum atomic E-state index is -0.779. The van der Waals surface area contributed by atoms with Crippen LogP contribution in [-0.2, 0) is 4.79 Å². The standard InChI is InChI=1S/C12H17N3O2.ClH/c1-12(2,11(14)17)7-15-10(16)8-5-3-4-6-9(8)13;/h3-6H,7,13H2,1-2H3,(H2,14,17)(H,15,16);1H. The molecule has 0 radical (unpaired) electrons. The molecule has 0 heterocycles. The Morgan fingerprint density at radius 3 is 2.33 bits per heavy atom. The smallest absolute Gasteiger partial charge is 0.253 e. The van der Waals surface area contributed by atoms with Crippen molar-refractivity contribution in [1.29, 1.82) is 0 Å². The SMILES string of the molecule is CC(C)(CNC(=O)c1ccccc1N)C(N)=O.Cl. The molecule has 1 aromatic carbocycles. The average molecular weight is 272 g/mol. The number of anilines is 1. The van der Waals surface area contributed by atoms with Gasteiger partial charge in [-0.3, -0.25) is 9.59 Å². The van der Waals surface area contributed by atoms with Crippen LogP contribution in [0.3, 0.4) is 0 Å². The van der Waals surface area contributed by atoms with E-state index in [1.165, 1.54) is 0 Å². The molecule has 0 fully saturated rings. The van der Waals surface area contributed by atoms with Crippen LogP contribution in [0.4, 0.5) is 5.69 Å². The molecule has 0 aromatic heterocycles. The summed E-state index contributed by atoms with van der Waals surface area (Å²) in [6.07, 6.45) is 0. The molecule has 0 unspecified atom stereocenters. The summed E-state index contributed by atoms with van der Waals surface area (Å²) in [5.41, 5.74) is 10.9. The van der Waals surface area contributed by atoms with E-state index in [9.17, 15) is 9.59 Å². The fourth-order valence-electron chi connectivity index (χ4n) is 1.19. The number of amides is 2. The summed E-state index contributed by atoms with van der Waals surface area (Å²) in [5.74, 6) is -0.767. The molecule has 0 atom stereocenters. The quantitative estimate of drug-likeness (QED) is 0.711. The number of carbonyl (C=O) groups is 2. The number of hydrogen-bond acceptors (Lipinski definition) is 3. The highest BCUT2D eigenvalue weighted by atomic mass is 35.5. The van der Waals surface area contributed by atoms with Gasteiger partial charge in [-0.1, -0.05) is 12.1 Å². The van der Waals surface area contributed by atoms with E-state index in [-0.39, 0.29) is 24.9 Å². The van der Waals surface area contributed by atoms with E-state index in [1.54, 1.807) is 38.1 Å². The first-order valence-electron chi connectivity index (χ1n) is 5.27. The lowest BCUT2D eigenvalue weighted by Crippen LogP contribution is -2.42. The predicted molar refractivity (Wildman–Crippen MR) is 73.4 cm³/mol. The number of nitrogen functional groups attached to an aromatic ring is 1. The summed E-state index contributed by atoms with van der Waals surface area (Å²) in [6.45, 7) is 3.52. The van der Waals surface area contributed by atoms with E-state index in [0.717, 1.165) is 0 Å². The Bertz CT molecular complexity index is 447. The second kappa shape index (κ2) is 6.26. The molecule has 100 valence electrons. The highest BCUT2D eigenvalue weighted by Crippen LogP contribution is 2.14. The van der Waals surface area contributed by atoms with Crippen LogP contribution in [0.1, 0.15) is 24.2 Å². The number of nitrogens with one attached hydrogen (secondary N) is 1. The first kappa shape index (κ1) is 16.2. The molecule has 5 nitrogen and oxygen atoms in total. The van der Waals surface area contributed by atoms with E-state index >= 15 is 0 Å². The summed E-state index contributed by atoms with van der Waals surface area (Å²) in [6, 6.07) is 6.75. The van der Waals surface area contributed by atoms with Crippen molar-refractivity contribution >= 4 is 29.9 Å². The Hall–Kier alpha value is -1.75. The van der Waals surface area contributed by atoms with Gasteiger partial charge in [-0.05, 0) is 26.0 Å². The van der Waals surface area contributed by atoms with Crippen LogP contribution in [0.25, 0.3) is 0 Å². The number of hydrogen-bond donors (Lipinski definition) is 3. The first-order valence-corrected chi connectivity index (χ1v) is 5.27. The third kappa shape index (κ3) is 3.92. The summed E-state index contributed by atoms with van der Waals surface area (Å²) in [4.78, 5) is 22.9. The van der Waals surface area contributed by atoms with Crippen molar-refractivity contribution in [3.8, 4) is 0 Å². The van der Waals surface area contributed by atoms with Gasteiger partial charge in [0.2, 0.25) is 5.91 Å². The Labute approximate surface area is 112 Å². The van der Waals surface area contributed by atoms with Gasteiger partial charge in [0.05, 0.1) is 11.0 Å². The zero-order valence-electron chi connectivity index (χ0n) is 10.4. The van der Waals surface area contributed by atoms with Crippen molar-refractivity contribution in [3.63, 3.8) is 0 Å². The fourth-order valence-corrected chi connectivity index (χ4v) is 1.19. The molecule has 0 saturated heterocycles. The van der Waals surface area contributed by atoms with Gasteiger partial charge in [-0.2, -0.15) is 0 Å². The number of primary amides is 1. The second-order valence-electron chi connectivity index (χ2n) is 4.52. The Morgan fingerprint density at radius 2 is 1.83 bits per heavy atom. The maximum atomic E-state index is 11.8. The van der Waals surface area contributed by atoms with E-state index in [2.05, 4.69) is 5.32 Å². The van der Waals surface area contributed by atoms with Gasteiger partial charge in [0.1, 0.15) is 0 Å². The van der Waals surface area contributed by atoms with Crippen LogP contribution < -0.4 is 16.8 Å². The first-order chi connectivity index (χ1) is 7.84. The lowest BCUT2D eigenvalue weighted by Gasteiger charge is -2.20. The van der Waals surface area contributed by atoms with Crippen LogP contribution >= 0.6 is 12.4 Å². The molecule has 0 aliphatic heterocycles. The van der Waals surface area contributed by atoms with E-state index in [1.807, 2.05) is 0 Å². The Morgan fingerprint density at radius 1 is 1.28 bits per heavy atom. The normalized spacial score (nSPS) is 10.3. The molecule has 1 aromatic rings. The zero-order chi connectivity index (χ0) is 13.1. The monoisotopic (exact) mass is 271 g/mol. The van der Waals surface area contributed by atoms with Crippen LogP contribution in [0.5, 0.6) is 0 Å². The fraction of sp³-hybridized carbons (Fsp3) is 0.333. The molecule has 5 N–H and O–H groups in total. The highest BCUT2D eigenvalue weighted by Gasteiger charge is 2.25. The van der Waals surface area contributed by atoms with Gasteiger partial charge in [0, 0.05) is 12.2 Å². The van der Waals surface area contributed by atoms with Crippen LogP contribution in [0, 0.1) is 5.41 Å². The maximum Gasteiger partial charge on any atom is 0.253 e. The Kier molecular flexibility index (Phi) is 5.65. The molecule has 0 aliphatic rings. The number of rotatable bonds is 4. The number of nitrogens with two attached hydrogens (primary N) is 2. The van der Waals surface area contributed by atoms with E-state index < -0.39 is 11.3 Å². The van der Waals surface area contributed by atoms with E-state index in [0.29, 0.717) is 11.3 Å². The molecule has 18 heavy (non-hydrogen) atoms. The van der Waals surface area contributed by atoms with Gasteiger partial charge in [-0.15, -0.1) is 12.4 Å². The minimum absolute atomic E-state index is 0. The van der Waals surface area contributed by atoms with Gasteiger partial charge in [-0.25, -0.2) is 0 Å². The maximum absolute atomic E-state index is 11.8. The Balaban J connectivity index is 0.00000289. The minimum Gasteiger partial charge on any atom is -0.398 e. The summed E-state index contributed by atoms with van der Waals surface area (Å²) >= 11 is 0. The topological polar surface area (TPSA) is 98.2 Å². The van der Waals surface area contributed by atoms with Crippen LogP contribution in [0.15, 0.2) is 24.3 Å².